The van der Waals surface area contributed by atoms with Crippen LogP contribution < -0.4 is 5.32 Å². The van der Waals surface area contributed by atoms with E-state index in [1.807, 2.05) is 19.9 Å². The summed E-state index contributed by atoms with van der Waals surface area (Å²) in [7, 11) is 0. The smallest absolute Gasteiger partial charge is 0.292 e. The Morgan fingerprint density at radius 1 is 1.50 bits per heavy atom. The number of nitro groups is 1. The zero-order chi connectivity index (χ0) is 13.1. The van der Waals surface area contributed by atoms with E-state index >= 15 is 0 Å². The summed E-state index contributed by atoms with van der Waals surface area (Å²) in [6.07, 6.45) is 1.40. The highest BCUT2D eigenvalue weighted by Gasteiger charge is 2.18. The third-order valence-corrected chi connectivity index (χ3v) is 2.65. The second-order valence-corrected chi connectivity index (χ2v) is 3.96. The number of aryl methyl sites for hydroxylation is 1. The maximum atomic E-state index is 11.0. The molecule has 0 aliphatic carbocycles. The molecule has 0 spiro atoms. The highest BCUT2D eigenvalue weighted by molar-refractivity contribution is 5.66. The molecule has 0 aliphatic heterocycles. The van der Waals surface area contributed by atoms with E-state index in [0.717, 1.165) is 5.56 Å². The molecule has 2 aromatic rings. The van der Waals surface area contributed by atoms with Crippen LogP contribution >= 0.6 is 0 Å². The van der Waals surface area contributed by atoms with Crippen molar-refractivity contribution in [2.45, 2.75) is 19.9 Å². The minimum Gasteiger partial charge on any atom is -0.370 e. The number of hydrogen-bond donors (Lipinski definition) is 2. The van der Waals surface area contributed by atoms with Crippen molar-refractivity contribution in [3.8, 4) is 0 Å². The first-order valence-electron chi connectivity index (χ1n) is 5.45. The Hall–Kier alpha value is -2.44. The lowest BCUT2D eigenvalue weighted by molar-refractivity contribution is -0.384. The Balaban J connectivity index is 2.31. The molecule has 7 heteroatoms. The van der Waals surface area contributed by atoms with E-state index < -0.39 is 4.92 Å². The number of H-pyrrole nitrogens is 1. The fourth-order valence-corrected chi connectivity index (χ4v) is 1.70. The lowest BCUT2D eigenvalue weighted by atomic mass is 10.1. The Bertz CT molecular complexity index is 553. The number of aromatic nitrogens is 3. The highest BCUT2D eigenvalue weighted by Crippen LogP contribution is 2.30. The second kappa shape index (κ2) is 4.82. The van der Waals surface area contributed by atoms with Crippen LogP contribution in [0.5, 0.6) is 0 Å². The van der Waals surface area contributed by atoms with Crippen LogP contribution in [0.1, 0.15) is 24.4 Å². The Kier molecular flexibility index (Phi) is 3.22. The van der Waals surface area contributed by atoms with E-state index in [4.69, 9.17) is 0 Å². The van der Waals surface area contributed by atoms with Gasteiger partial charge < -0.3 is 5.32 Å². The molecule has 0 aliphatic rings. The average molecular weight is 247 g/mol. The standard InChI is InChI=1S/C11H13N5O2/c1-7-4-3-5-9(16(17)18)10(7)14-8(2)11-12-6-13-15-11/h3-6,8,14H,1-2H3,(H,12,13,15). The van der Waals surface area contributed by atoms with E-state index in [1.165, 1.54) is 12.4 Å². The number of benzene rings is 1. The van der Waals surface area contributed by atoms with Gasteiger partial charge in [0, 0.05) is 6.07 Å². The summed E-state index contributed by atoms with van der Waals surface area (Å²) in [5, 5.41) is 20.5. The van der Waals surface area contributed by atoms with Crippen LogP contribution in [0.4, 0.5) is 11.4 Å². The van der Waals surface area contributed by atoms with Crippen LogP contribution in [0.15, 0.2) is 24.5 Å². The van der Waals surface area contributed by atoms with E-state index in [9.17, 15) is 10.1 Å². The van der Waals surface area contributed by atoms with Gasteiger partial charge in [-0.1, -0.05) is 12.1 Å². The maximum Gasteiger partial charge on any atom is 0.292 e. The summed E-state index contributed by atoms with van der Waals surface area (Å²) in [5.74, 6) is 0.632. The minimum atomic E-state index is -0.400. The number of nitro benzene ring substituents is 1. The van der Waals surface area contributed by atoms with Crippen LogP contribution in [-0.4, -0.2) is 20.1 Å². The average Bonchev–Trinajstić information content (AvgIpc) is 2.85. The molecule has 1 atom stereocenters. The molecule has 0 saturated heterocycles. The van der Waals surface area contributed by atoms with Crippen molar-refractivity contribution in [2.24, 2.45) is 0 Å². The summed E-state index contributed by atoms with van der Waals surface area (Å²) < 4.78 is 0. The van der Waals surface area contributed by atoms with Gasteiger partial charge in [0.25, 0.3) is 5.69 Å². The van der Waals surface area contributed by atoms with Crippen LogP contribution in [0.2, 0.25) is 0 Å². The predicted molar refractivity (Wildman–Crippen MR) is 66.3 cm³/mol. The van der Waals surface area contributed by atoms with Crippen LogP contribution in [0, 0.1) is 17.0 Å². The molecule has 0 amide bonds. The molecule has 2 N–H and O–H groups in total. The number of rotatable bonds is 4. The molecule has 7 nitrogen and oxygen atoms in total. The third kappa shape index (κ3) is 2.29. The van der Waals surface area contributed by atoms with Gasteiger partial charge in [0.05, 0.1) is 11.0 Å². The van der Waals surface area contributed by atoms with Gasteiger partial charge in [0.15, 0.2) is 0 Å². The van der Waals surface area contributed by atoms with E-state index in [1.54, 1.807) is 6.07 Å². The number of nitrogens with one attached hydrogen (secondary N) is 2. The first kappa shape index (κ1) is 12.0. The number of para-hydroxylation sites is 1. The summed E-state index contributed by atoms with van der Waals surface area (Å²) in [6, 6.07) is 4.77. The monoisotopic (exact) mass is 247 g/mol. The van der Waals surface area contributed by atoms with E-state index in [0.29, 0.717) is 11.5 Å². The SMILES string of the molecule is Cc1cccc([N+](=O)[O-])c1NC(C)c1ncn[nH]1. The molecular formula is C11H13N5O2. The quantitative estimate of drug-likeness (QED) is 0.637. The first-order chi connectivity index (χ1) is 8.59. The molecule has 0 radical (unpaired) electrons. The molecule has 1 aromatic heterocycles. The van der Waals surface area contributed by atoms with Gasteiger partial charge in [0.1, 0.15) is 17.8 Å². The maximum absolute atomic E-state index is 11.0. The highest BCUT2D eigenvalue weighted by atomic mass is 16.6. The summed E-state index contributed by atoms with van der Waals surface area (Å²) in [4.78, 5) is 14.6. The van der Waals surface area contributed by atoms with Gasteiger partial charge in [-0.15, -0.1) is 0 Å². The molecule has 94 valence electrons. The normalized spacial score (nSPS) is 12.1. The van der Waals surface area contributed by atoms with Crippen molar-refractivity contribution < 1.29 is 4.92 Å². The molecule has 0 fully saturated rings. The van der Waals surface area contributed by atoms with Gasteiger partial charge in [-0.3, -0.25) is 15.2 Å². The predicted octanol–water partition coefficient (Wildman–Crippen LogP) is 2.19. The molecule has 1 aromatic carbocycles. The first-order valence-corrected chi connectivity index (χ1v) is 5.45. The molecular weight excluding hydrogens is 234 g/mol. The lowest BCUT2D eigenvalue weighted by Gasteiger charge is -2.14. The zero-order valence-electron chi connectivity index (χ0n) is 10.0. The van der Waals surface area contributed by atoms with E-state index in [-0.39, 0.29) is 11.7 Å². The van der Waals surface area contributed by atoms with Gasteiger partial charge in [-0.05, 0) is 19.4 Å². The van der Waals surface area contributed by atoms with Gasteiger partial charge in [-0.25, -0.2) is 4.98 Å². The number of aromatic amines is 1. The Morgan fingerprint density at radius 2 is 2.28 bits per heavy atom. The van der Waals surface area contributed by atoms with Crippen LogP contribution in [0.25, 0.3) is 0 Å². The number of hydrogen-bond acceptors (Lipinski definition) is 5. The van der Waals surface area contributed by atoms with Crippen LogP contribution in [0.3, 0.4) is 0 Å². The van der Waals surface area contributed by atoms with Crippen molar-refractivity contribution in [3.63, 3.8) is 0 Å². The molecule has 18 heavy (non-hydrogen) atoms. The van der Waals surface area contributed by atoms with Crippen molar-refractivity contribution in [1.29, 1.82) is 0 Å². The Morgan fingerprint density at radius 3 is 2.89 bits per heavy atom. The summed E-state index contributed by atoms with van der Waals surface area (Å²) in [6.45, 7) is 3.68. The van der Waals surface area contributed by atoms with Crippen molar-refractivity contribution in [2.75, 3.05) is 5.32 Å². The Labute approximate surface area is 103 Å². The van der Waals surface area contributed by atoms with Crippen molar-refractivity contribution in [3.05, 3.63) is 46.0 Å². The third-order valence-electron chi connectivity index (χ3n) is 2.65. The summed E-state index contributed by atoms with van der Waals surface area (Å²) >= 11 is 0. The molecule has 0 bridgehead atoms. The molecule has 1 unspecified atom stereocenters. The summed E-state index contributed by atoms with van der Waals surface area (Å²) in [5.41, 5.74) is 1.38. The second-order valence-electron chi connectivity index (χ2n) is 3.96. The fourth-order valence-electron chi connectivity index (χ4n) is 1.70. The fraction of sp³-hybridized carbons (Fsp3) is 0.273. The lowest BCUT2D eigenvalue weighted by Crippen LogP contribution is -2.11. The van der Waals surface area contributed by atoms with Crippen molar-refractivity contribution >= 4 is 11.4 Å². The van der Waals surface area contributed by atoms with Gasteiger partial charge in [-0.2, -0.15) is 5.10 Å². The number of nitrogens with zero attached hydrogens (tertiary/aromatic N) is 3. The van der Waals surface area contributed by atoms with Gasteiger partial charge in [0.2, 0.25) is 0 Å². The largest absolute Gasteiger partial charge is 0.370 e. The molecule has 0 saturated carbocycles. The van der Waals surface area contributed by atoms with E-state index in [2.05, 4.69) is 20.5 Å². The number of anilines is 1. The van der Waals surface area contributed by atoms with Gasteiger partial charge >= 0.3 is 0 Å². The molecule has 1 heterocycles. The molecule has 2 rings (SSSR count). The zero-order valence-corrected chi connectivity index (χ0v) is 10.0. The topological polar surface area (TPSA) is 96.7 Å². The minimum absolute atomic E-state index is 0.0568. The van der Waals surface area contributed by atoms with Crippen molar-refractivity contribution in [1.82, 2.24) is 15.2 Å². The van der Waals surface area contributed by atoms with Crippen LogP contribution in [-0.2, 0) is 0 Å².